The number of benzene rings is 2. The van der Waals surface area contributed by atoms with E-state index in [0.717, 1.165) is 17.1 Å². The number of halogens is 3. The third-order valence-corrected chi connectivity index (χ3v) is 7.94. The molecule has 6 rings (SSSR count). The molecule has 0 aliphatic heterocycles. The number of nitrogens with zero attached hydrogens (tertiary/aromatic N) is 3. The maximum absolute atomic E-state index is 14.5. The number of nitrogens with one attached hydrogen (secondary N) is 1. The number of fused-ring (bicyclic) bond motifs is 2. The summed E-state index contributed by atoms with van der Waals surface area (Å²) in [5.41, 5.74) is 12.8. The van der Waals surface area contributed by atoms with Gasteiger partial charge in [-0.15, -0.1) is 0 Å². The molecule has 1 saturated carbocycles. The van der Waals surface area contributed by atoms with Gasteiger partial charge in [0.2, 0.25) is 0 Å². The Morgan fingerprint density at radius 1 is 0.963 bits per heavy atom. The van der Waals surface area contributed by atoms with Crippen LogP contribution in [0, 0.1) is 0 Å². The molecule has 2 aromatic carbocycles. The topological polar surface area (TPSA) is 247 Å². The second kappa shape index (κ2) is 16.9. The highest BCUT2D eigenvalue weighted by molar-refractivity contribution is 7.85. The van der Waals surface area contributed by atoms with Gasteiger partial charge in [0.05, 0.1) is 35.7 Å². The number of carbonyl (C=O) groups excluding carboxylic acids is 2. The summed E-state index contributed by atoms with van der Waals surface area (Å²) in [5.74, 6) is -1.14. The first-order valence-electron chi connectivity index (χ1n) is 16.0. The molecule has 290 valence electrons. The number of hydrogen-bond donors (Lipinski definition) is 5. The predicted octanol–water partition coefficient (Wildman–Crippen LogP) is 4.59. The van der Waals surface area contributed by atoms with E-state index >= 15 is 0 Å². The standard InChI is InChI=1S/C32H29F3N6O3.2CH4O3S/c33-32(34,35)25-17-41(31-29(25)23(11-12-38-31)19-13-18-3-1-2-4-26(18)39-16-19)21-7-10-24(30(37)43)27(14-21)40-20-5-8-22(9-6-20)44-28(42)15-36;2*1-5(2,3)4/h1-4,7,10-14,16-17,20,22,40H,5-6,8-9,15,36H2,(H2,37,43);2*1H3,(H,2,3,4)/t20-,22-;;. The molecule has 54 heavy (non-hydrogen) atoms. The molecular formula is C34H37F3N6O9S2. The molecule has 0 saturated heterocycles. The fourth-order valence-corrected chi connectivity index (χ4v) is 5.82. The smallest absolute Gasteiger partial charge is 0.418 e. The average Bonchev–Trinajstić information content (AvgIpc) is 3.48. The Morgan fingerprint density at radius 3 is 2.19 bits per heavy atom. The number of ether oxygens (including phenoxy) is 1. The molecule has 20 heteroatoms. The van der Waals surface area contributed by atoms with Crippen LogP contribution in [0.3, 0.4) is 0 Å². The predicted molar refractivity (Wildman–Crippen MR) is 195 cm³/mol. The number of nitrogens with two attached hydrogens (primary N) is 2. The number of hydrogen-bond acceptors (Lipinski definition) is 11. The van der Waals surface area contributed by atoms with Crippen LogP contribution in [0.15, 0.2) is 73.2 Å². The summed E-state index contributed by atoms with van der Waals surface area (Å²) in [5, 5.41) is 4.08. The number of pyridine rings is 2. The highest BCUT2D eigenvalue weighted by Gasteiger charge is 2.36. The molecule has 0 spiro atoms. The van der Waals surface area contributed by atoms with E-state index in [9.17, 15) is 39.6 Å². The van der Waals surface area contributed by atoms with Gasteiger partial charge in [-0.3, -0.25) is 23.7 Å². The normalized spacial score (nSPS) is 16.1. The third kappa shape index (κ3) is 11.7. The number of primary amides is 1. The average molecular weight is 795 g/mol. The van der Waals surface area contributed by atoms with Gasteiger partial charge < -0.3 is 26.1 Å². The summed E-state index contributed by atoms with van der Waals surface area (Å²) in [4.78, 5) is 32.7. The Balaban J connectivity index is 0.000000577. The van der Waals surface area contributed by atoms with Crippen molar-refractivity contribution >= 4 is 59.7 Å². The van der Waals surface area contributed by atoms with E-state index in [2.05, 4.69) is 15.3 Å². The Morgan fingerprint density at radius 2 is 1.59 bits per heavy atom. The zero-order valence-electron chi connectivity index (χ0n) is 28.8. The van der Waals surface area contributed by atoms with Crippen LogP contribution in [0.5, 0.6) is 0 Å². The quantitative estimate of drug-likeness (QED) is 0.112. The number of para-hydroxylation sites is 1. The lowest BCUT2D eigenvalue weighted by molar-refractivity contribution is -0.148. The summed E-state index contributed by atoms with van der Waals surface area (Å²) < 4.78 is 102. The molecular weight excluding hydrogens is 758 g/mol. The fourth-order valence-electron chi connectivity index (χ4n) is 5.82. The molecule has 3 aromatic heterocycles. The van der Waals surface area contributed by atoms with Crippen molar-refractivity contribution in [2.24, 2.45) is 11.5 Å². The molecule has 0 unspecified atom stereocenters. The highest BCUT2D eigenvalue weighted by atomic mass is 32.2. The van der Waals surface area contributed by atoms with Gasteiger partial charge in [0.1, 0.15) is 11.8 Å². The van der Waals surface area contributed by atoms with Crippen LogP contribution in [-0.2, 0) is 35.9 Å². The van der Waals surface area contributed by atoms with E-state index in [1.54, 1.807) is 24.4 Å². The first kappa shape index (κ1) is 41.6. The van der Waals surface area contributed by atoms with Crippen molar-refractivity contribution in [3.8, 4) is 16.8 Å². The lowest BCUT2D eigenvalue weighted by atomic mass is 9.92. The van der Waals surface area contributed by atoms with E-state index in [0.29, 0.717) is 60.7 Å². The van der Waals surface area contributed by atoms with Crippen LogP contribution in [0.4, 0.5) is 18.9 Å². The van der Waals surface area contributed by atoms with Gasteiger partial charge >= 0.3 is 12.1 Å². The van der Waals surface area contributed by atoms with Gasteiger partial charge in [0, 0.05) is 52.3 Å². The molecule has 15 nitrogen and oxygen atoms in total. The highest BCUT2D eigenvalue weighted by Crippen LogP contribution is 2.42. The first-order chi connectivity index (χ1) is 25.1. The molecule has 1 amide bonds. The van der Waals surface area contributed by atoms with Crippen molar-refractivity contribution < 1.29 is 53.4 Å². The molecule has 3 heterocycles. The van der Waals surface area contributed by atoms with Crippen molar-refractivity contribution in [1.82, 2.24) is 14.5 Å². The van der Waals surface area contributed by atoms with E-state index in [4.69, 9.17) is 25.3 Å². The lowest BCUT2D eigenvalue weighted by Gasteiger charge is -2.30. The minimum Gasteiger partial charge on any atom is -0.461 e. The van der Waals surface area contributed by atoms with Gasteiger partial charge in [-0.25, -0.2) is 4.98 Å². The van der Waals surface area contributed by atoms with E-state index in [-0.39, 0.29) is 35.3 Å². The Hall–Kier alpha value is -5.15. The summed E-state index contributed by atoms with van der Waals surface area (Å²) in [7, 11) is -7.33. The van der Waals surface area contributed by atoms with Crippen molar-refractivity contribution in [3.63, 3.8) is 0 Å². The maximum atomic E-state index is 14.5. The van der Waals surface area contributed by atoms with Crippen LogP contribution in [0.2, 0.25) is 0 Å². The van der Waals surface area contributed by atoms with E-state index in [1.807, 2.05) is 30.3 Å². The number of rotatable bonds is 7. The zero-order valence-corrected chi connectivity index (χ0v) is 30.5. The molecule has 0 radical (unpaired) electrons. The van der Waals surface area contributed by atoms with E-state index < -0.39 is 43.9 Å². The molecule has 1 fully saturated rings. The number of anilines is 1. The van der Waals surface area contributed by atoms with Crippen molar-refractivity contribution in [1.29, 1.82) is 0 Å². The number of esters is 1. The Labute approximate surface area is 308 Å². The molecule has 5 aromatic rings. The number of alkyl halides is 3. The monoisotopic (exact) mass is 794 g/mol. The number of carbonyl (C=O) groups is 2. The zero-order chi connectivity index (χ0) is 40.0. The van der Waals surface area contributed by atoms with Crippen LogP contribution in [-0.4, -0.2) is 83.6 Å². The summed E-state index contributed by atoms with van der Waals surface area (Å²) in [6, 6.07) is 15.3. The summed E-state index contributed by atoms with van der Waals surface area (Å²) in [6.45, 7) is -0.188. The van der Waals surface area contributed by atoms with Gasteiger partial charge in [-0.05, 0) is 67.6 Å². The Kier molecular flexibility index (Phi) is 13.0. The van der Waals surface area contributed by atoms with Gasteiger partial charge in [0.25, 0.3) is 26.1 Å². The number of amides is 1. The first-order valence-corrected chi connectivity index (χ1v) is 19.7. The van der Waals surface area contributed by atoms with Gasteiger partial charge in [0.15, 0.2) is 0 Å². The SMILES string of the molecule is CS(=O)(=O)O.CS(=O)(=O)O.NCC(=O)O[C@H]1CC[C@H](Nc2cc(-n3cc(C(F)(F)F)c4c(-c5cnc6ccccc6c5)ccnc43)ccc2C(N)=O)CC1. The minimum absolute atomic E-state index is 0.0593. The maximum Gasteiger partial charge on any atom is 0.418 e. The molecule has 0 atom stereocenters. The van der Waals surface area contributed by atoms with Crippen molar-refractivity contribution in [2.45, 2.75) is 44.0 Å². The van der Waals surface area contributed by atoms with Gasteiger partial charge in [-0.2, -0.15) is 30.0 Å². The summed E-state index contributed by atoms with van der Waals surface area (Å²) in [6.07, 6.45) is 3.05. The second-order valence-corrected chi connectivity index (χ2v) is 15.2. The number of aromatic nitrogens is 3. The molecule has 7 N–H and O–H groups in total. The van der Waals surface area contributed by atoms with Crippen molar-refractivity contribution in [3.05, 3.63) is 84.3 Å². The second-order valence-electron chi connectivity index (χ2n) is 12.3. The van der Waals surface area contributed by atoms with Crippen LogP contribution < -0.4 is 16.8 Å². The molecule has 1 aliphatic rings. The van der Waals surface area contributed by atoms with Crippen molar-refractivity contribution in [2.75, 3.05) is 24.4 Å². The fraction of sp³-hybridized carbons (Fsp3) is 0.294. The van der Waals surface area contributed by atoms with Crippen LogP contribution in [0.1, 0.15) is 41.6 Å². The third-order valence-electron chi connectivity index (χ3n) is 7.94. The van der Waals surface area contributed by atoms with E-state index in [1.165, 1.54) is 16.8 Å². The Bertz CT molecular complexity index is 2330. The molecule has 0 bridgehead atoms. The van der Waals surface area contributed by atoms with Crippen LogP contribution in [0.25, 0.3) is 38.8 Å². The van der Waals surface area contributed by atoms with Crippen LogP contribution >= 0.6 is 0 Å². The molecule has 1 aliphatic carbocycles. The minimum atomic E-state index is -4.67. The summed E-state index contributed by atoms with van der Waals surface area (Å²) >= 11 is 0. The largest absolute Gasteiger partial charge is 0.461 e. The lowest BCUT2D eigenvalue weighted by Crippen LogP contribution is -2.33. The van der Waals surface area contributed by atoms with Gasteiger partial charge in [-0.1, -0.05) is 18.2 Å².